The summed E-state index contributed by atoms with van der Waals surface area (Å²) >= 11 is 0. The zero-order chi connectivity index (χ0) is 24.3. The van der Waals surface area contributed by atoms with Gasteiger partial charge in [0.2, 0.25) is 0 Å². The minimum absolute atomic E-state index is 0.111. The Bertz CT molecular complexity index is 925. The maximum atomic E-state index is 10.6. The van der Waals surface area contributed by atoms with Crippen molar-refractivity contribution in [3.63, 3.8) is 0 Å². The summed E-state index contributed by atoms with van der Waals surface area (Å²) in [4.78, 5) is 15.0. The van der Waals surface area contributed by atoms with Crippen LogP contribution in [-0.2, 0) is 0 Å². The van der Waals surface area contributed by atoms with Gasteiger partial charge in [0.25, 0.3) is 5.69 Å². The van der Waals surface area contributed by atoms with Crippen molar-refractivity contribution in [2.24, 2.45) is 0 Å². The molecule has 2 N–H and O–H groups in total. The van der Waals surface area contributed by atoms with Crippen LogP contribution in [0.1, 0.15) is 36.8 Å². The molecule has 0 radical (unpaired) electrons. The fourth-order valence-electron chi connectivity index (χ4n) is 4.33. The molecule has 2 heterocycles. The highest BCUT2D eigenvalue weighted by Crippen LogP contribution is 2.23. The molecule has 0 atom stereocenters. The smallest absolute Gasteiger partial charge is 0.269 e. The number of non-ortho nitro benzene ring substituents is 1. The van der Waals surface area contributed by atoms with Gasteiger partial charge in [-0.05, 0) is 101 Å². The molecule has 2 aromatic carbocycles. The molecule has 8 nitrogen and oxygen atoms in total. The zero-order valence-electron chi connectivity index (χ0n) is 20.5. The number of nitro benzene ring substituents is 1. The number of rotatable bonds is 9. The van der Waals surface area contributed by atoms with Gasteiger partial charge < -0.3 is 15.2 Å². The van der Waals surface area contributed by atoms with Crippen molar-refractivity contribution in [1.29, 1.82) is 0 Å². The van der Waals surface area contributed by atoms with E-state index < -0.39 is 0 Å². The van der Waals surface area contributed by atoms with Crippen molar-refractivity contribution >= 4 is 11.4 Å². The normalized spacial score (nSPS) is 16.2. The molecule has 2 aliphatic rings. The van der Waals surface area contributed by atoms with Crippen molar-refractivity contribution in [2.45, 2.75) is 39.5 Å². The average molecular weight is 471 g/mol. The highest BCUT2D eigenvalue weighted by atomic mass is 16.6. The fraction of sp³-hybridized carbons (Fsp3) is 0.538. The van der Waals surface area contributed by atoms with Crippen molar-refractivity contribution in [3.05, 3.63) is 57.6 Å². The third-order valence-electron chi connectivity index (χ3n) is 6.30. The standard InChI is InChI=1S/C13H18N2O3.C13H20N2O/c1-11-10-12(15(16)17)4-5-13(11)18-9-8-14-6-2-3-7-14;1-11-10-12(14)4-5-13(11)16-9-8-15-6-2-3-7-15/h4-5,10H,2-3,6-9H2,1H3;4-5,10H,2-3,6-9,14H2,1H3. The molecule has 2 saturated heterocycles. The first-order chi connectivity index (χ1) is 16.4. The summed E-state index contributed by atoms with van der Waals surface area (Å²) in [5.74, 6) is 1.69. The Balaban J connectivity index is 0.000000192. The van der Waals surface area contributed by atoms with Gasteiger partial charge in [-0.3, -0.25) is 19.9 Å². The topological polar surface area (TPSA) is 94.1 Å². The molecule has 2 fully saturated rings. The first-order valence-electron chi connectivity index (χ1n) is 12.2. The van der Waals surface area contributed by atoms with Crippen LogP contribution >= 0.6 is 0 Å². The number of likely N-dealkylation sites (tertiary alicyclic amines) is 2. The molecule has 0 amide bonds. The van der Waals surface area contributed by atoms with E-state index in [-0.39, 0.29) is 10.6 Å². The second-order valence-corrected chi connectivity index (χ2v) is 9.03. The lowest BCUT2D eigenvalue weighted by Gasteiger charge is -2.15. The predicted octanol–water partition coefficient (Wildman–Crippen LogP) is 4.43. The average Bonchev–Trinajstić information content (AvgIpc) is 3.51. The maximum absolute atomic E-state index is 10.6. The van der Waals surface area contributed by atoms with E-state index in [9.17, 15) is 10.1 Å². The summed E-state index contributed by atoms with van der Waals surface area (Å²) in [5.41, 5.74) is 8.52. The summed E-state index contributed by atoms with van der Waals surface area (Å²) in [7, 11) is 0. The highest BCUT2D eigenvalue weighted by molar-refractivity contribution is 5.47. The highest BCUT2D eigenvalue weighted by Gasteiger charge is 2.13. The molecule has 0 aromatic heterocycles. The summed E-state index contributed by atoms with van der Waals surface area (Å²) in [6.45, 7) is 12.0. The van der Waals surface area contributed by atoms with Crippen molar-refractivity contribution in [2.75, 3.05) is 58.2 Å². The number of nitrogens with two attached hydrogens (primary N) is 1. The Hall–Kier alpha value is -2.84. The zero-order valence-corrected chi connectivity index (χ0v) is 20.5. The quantitative estimate of drug-likeness (QED) is 0.329. The van der Waals surface area contributed by atoms with E-state index >= 15 is 0 Å². The predicted molar refractivity (Wildman–Crippen MR) is 136 cm³/mol. The number of ether oxygens (including phenoxy) is 2. The van der Waals surface area contributed by atoms with Gasteiger partial charge in [0, 0.05) is 30.9 Å². The summed E-state index contributed by atoms with van der Waals surface area (Å²) in [5, 5.41) is 10.6. The maximum Gasteiger partial charge on any atom is 0.269 e. The fourth-order valence-corrected chi connectivity index (χ4v) is 4.33. The molecule has 34 heavy (non-hydrogen) atoms. The van der Waals surface area contributed by atoms with Crippen LogP contribution in [0.4, 0.5) is 11.4 Å². The molecule has 0 aliphatic carbocycles. The Kier molecular flexibility index (Phi) is 9.97. The minimum atomic E-state index is -0.388. The van der Waals surface area contributed by atoms with Crippen LogP contribution in [0.25, 0.3) is 0 Å². The molecule has 2 aromatic rings. The first kappa shape index (κ1) is 25.8. The molecule has 2 aliphatic heterocycles. The lowest BCUT2D eigenvalue weighted by molar-refractivity contribution is -0.384. The van der Waals surface area contributed by atoms with E-state index in [1.165, 1.54) is 44.8 Å². The minimum Gasteiger partial charge on any atom is -0.492 e. The lowest BCUT2D eigenvalue weighted by atomic mass is 10.2. The van der Waals surface area contributed by atoms with E-state index in [0.29, 0.717) is 6.61 Å². The third-order valence-corrected chi connectivity index (χ3v) is 6.30. The Morgan fingerprint density at radius 2 is 1.29 bits per heavy atom. The molecular formula is C26H38N4O4. The lowest BCUT2D eigenvalue weighted by Crippen LogP contribution is -2.25. The first-order valence-corrected chi connectivity index (χ1v) is 12.2. The van der Waals surface area contributed by atoms with Gasteiger partial charge in [0.1, 0.15) is 24.7 Å². The summed E-state index contributed by atoms with van der Waals surface area (Å²) in [6.07, 6.45) is 5.22. The number of nitrogens with zero attached hydrogens (tertiary/aromatic N) is 3. The van der Waals surface area contributed by atoms with Crippen LogP contribution < -0.4 is 15.2 Å². The van der Waals surface area contributed by atoms with Crippen LogP contribution in [0, 0.1) is 24.0 Å². The summed E-state index contributed by atoms with van der Waals surface area (Å²) in [6, 6.07) is 10.5. The Morgan fingerprint density at radius 3 is 1.74 bits per heavy atom. The van der Waals surface area contributed by atoms with E-state index in [2.05, 4.69) is 9.80 Å². The second kappa shape index (κ2) is 13.2. The molecule has 0 saturated carbocycles. The van der Waals surface area contributed by atoms with Gasteiger partial charge in [-0.25, -0.2) is 0 Å². The molecule has 4 rings (SSSR count). The van der Waals surface area contributed by atoms with Crippen LogP contribution in [0.5, 0.6) is 11.5 Å². The Labute approximate surface area is 202 Å². The Morgan fingerprint density at radius 1 is 0.824 bits per heavy atom. The monoisotopic (exact) mass is 470 g/mol. The molecule has 0 unspecified atom stereocenters. The van der Waals surface area contributed by atoms with E-state index in [1.54, 1.807) is 12.1 Å². The van der Waals surface area contributed by atoms with E-state index in [1.807, 2.05) is 32.0 Å². The number of aryl methyl sites for hydroxylation is 2. The second-order valence-electron chi connectivity index (χ2n) is 9.03. The van der Waals surface area contributed by atoms with Gasteiger partial charge in [-0.1, -0.05) is 0 Å². The van der Waals surface area contributed by atoms with Crippen molar-refractivity contribution in [1.82, 2.24) is 9.80 Å². The van der Waals surface area contributed by atoms with Crippen LogP contribution in [0.15, 0.2) is 36.4 Å². The SMILES string of the molecule is Cc1cc(N)ccc1OCCN1CCCC1.Cc1cc([N+](=O)[O-])ccc1OCCN1CCCC1. The van der Waals surface area contributed by atoms with Crippen LogP contribution in [-0.4, -0.2) is 67.2 Å². The molecular weight excluding hydrogens is 432 g/mol. The molecule has 0 bridgehead atoms. The molecule has 0 spiro atoms. The number of nitro groups is 1. The van der Waals surface area contributed by atoms with Crippen LogP contribution in [0.3, 0.4) is 0 Å². The summed E-state index contributed by atoms with van der Waals surface area (Å²) < 4.78 is 11.4. The van der Waals surface area contributed by atoms with Crippen molar-refractivity contribution < 1.29 is 14.4 Å². The van der Waals surface area contributed by atoms with Crippen LogP contribution in [0.2, 0.25) is 0 Å². The number of hydrogen-bond acceptors (Lipinski definition) is 7. The third kappa shape index (κ3) is 8.18. The van der Waals surface area contributed by atoms with E-state index in [0.717, 1.165) is 61.1 Å². The molecule has 8 heteroatoms. The van der Waals surface area contributed by atoms with Crippen molar-refractivity contribution in [3.8, 4) is 11.5 Å². The molecule has 186 valence electrons. The van der Waals surface area contributed by atoms with E-state index in [4.69, 9.17) is 15.2 Å². The van der Waals surface area contributed by atoms with Gasteiger partial charge in [-0.15, -0.1) is 0 Å². The van der Waals surface area contributed by atoms with Gasteiger partial charge in [0.15, 0.2) is 0 Å². The van der Waals surface area contributed by atoms with Gasteiger partial charge >= 0.3 is 0 Å². The largest absolute Gasteiger partial charge is 0.492 e. The number of nitrogen functional groups attached to an aromatic ring is 1. The van der Waals surface area contributed by atoms with Gasteiger partial charge in [-0.2, -0.15) is 0 Å². The number of hydrogen-bond donors (Lipinski definition) is 1. The van der Waals surface area contributed by atoms with Gasteiger partial charge in [0.05, 0.1) is 4.92 Å². The number of benzene rings is 2. The number of anilines is 1.